The van der Waals surface area contributed by atoms with Crippen LogP contribution in [0.4, 0.5) is 0 Å². The van der Waals surface area contributed by atoms with Crippen molar-refractivity contribution in [3.8, 4) is 11.6 Å². The number of aromatic nitrogens is 2. The first kappa shape index (κ1) is 12.4. The summed E-state index contributed by atoms with van der Waals surface area (Å²) in [6.45, 7) is 0. The molecule has 0 aliphatic heterocycles. The zero-order valence-corrected chi connectivity index (χ0v) is 10.6. The normalized spacial score (nSPS) is 10.4. The van der Waals surface area contributed by atoms with Crippen LogP contribution >= 0.6 is 11.6 Å². The molecular weight excluding hydrogens is 256 g/mol. The van der Waals surface area contributed by atoms with Crippen LogP contribution in [0.25, 0.3) is 0 Å². The third-order valence-corrected chi connectivity index (χ3v) is 2.74. The number of benzene rings is 1. The highest BCUT2D eigenvalue weighted by Gasteiger charge is 2.07. The average molecular weight is 267 g/mol. The molecule has 2 aromatic rings. The Hall–Kier alpha value is -2.01. The molecule has 5 nitrogen and oxygen atoms in total. The first-order chi connectivity index (χ1) is 8.49. The van der Waals surface area contributed by atoms with E-state index in [0.717, 1.165) is 4.57 Å². The third-order valence-electron chi connectivity index (χ3n) is 2.50. The third kappa shape index (κ3) is 2.31. The Morgan fingerprint density at radius 3 is 2.50 bits per heavy atom. The topological polar surface area (TPSA) is 53.2 Å². The predicted molar refractivity (Wildman–Crippen MR) is 68.5 cm³/mol. The highest BCUT2D eigenvalue weighted by molar-refractivity contribution is 6.30. The minimum Gasteiger partial charge on any atom is -0.440 e. The molecule has 1 aromatic carbocycles. The summed E-state index contributed by atoms with van der Waals surface area (Å²) in [6.07, 6.45) is 0. The summed E-state index contributed by atoms with van der Waals surface area (Å²) >= 11 is 5.82. The van der Waals surface area contributed by atoms with E-state index in [1.807, 2.05) is 0 Å². The summed E-state index contributed by atoms with van der Waals surface area (Å²) in [4.78, 5) is 23.2. The molecular formula is C12H11ClN2O3. The van der Waals surface area contributed by atoms with Crippen LogP contribution in [-0.2, 0) is 14.1 Å². The monoisotopic (exact) mass is 266 g/mol. The van der Waals surface area contributed by atoms with E-state index in [9.17, 15) is 9.59 Å². The van der Waals surface area contributed by atoms with Crippen molar-refractivity contribution >= 4 is 11.6 Å². The first-order valence-electron chi connectivity index (χ1n) is 5.19. The molecule has 0 spiro atoms. The Kier molecular flexibility index (Phi) is 3.25. The summed E-state index contributed by atoms with van der Waals surface area (Å²) in [7, 11) is 2.94. The molecule has 0 aliphatic carbocycles. The molecule has 0 amide bonds. The summed E-state index contributed by atoms with van der Waals surface area (Å²) in [5.74, 6) is 0.635. The maximum Gasteiger partial charge on any atom is 0.333 e. The van der Waals surface area contributed by atoms with Crippen LogP contribution < -0.4 is 16.0 Å². The van der Waals surface area contributed by atoms with Crippen molar-refractivity contribution < 1.29 is 4.74 Å². The molecule has 0 unspecified atom stereocenters. The molecule has 0 radical (unpaired) electrons. The van der Waals surface area contributed by atoms with Crippen LogP contribution in [0, 0.1) is 0 Å². The van der Waals surface area contributed by atoms with Gasteiger partial charge in [-0.1, -0.05) is 17.7 Å². The van der Waals surface area contributed by atoms with E-state index in [0.29, 0.717) is 10.8 Å². The quantitative estimate of drug-likeness (QED) is 0.828. The average Bonchev–Trinajstić information content (AvgIpc) is 2.33. The SMILES string of the molecule is Cn1c(Oc2cccc(Cl)c2)cc(=O)n(C)c1=O. The van der Waals surface area contributed by atoms with Gasteiger partial charge in [-0.05, 0) is 18.2 Å². The highest BCUT2D eigenvalue weighted by atomic mass is 35.5. The molecule has 1 heterocycles. The Bertz CT molecular complexity index is 703. The van der Waals surface area contributed by atoms with Crippen LogP contribution in [0.2, 0.25) is 5.02 Å². The van der Waals surface area contributed by atoms with Gasteiger partial charge in [0.05, 0.1) is 6.07 Å². The summed E-state index contributed by atoms with van der Waals surface area (Å²) < 4.78 is 7.73. The molecule has 0 saturated carbocycles. The second-order valence-corrected chi connectivity index (χ2v) is 4.22. The summed E-state index contributed by atoms with van der Waals surface area (Å²) in [5.41, 5.74) is -0.866. The van der Waals surface area contributed by atoms with E-state index in [2.05, 4.69) is 0 Å². The fourth-order valence-corrected chi connectivity index (χ4v) is 1.64. The number of ether oxygens (including phenoxy) is 1. The van der Waals surface area contributed by atoms with Gasteiger partial charge in [0, 0.05) is 19.1 Å². The fourth-order valence-electron chi connectivity index (χ4n) is 1.46. The van der Waals surface area contributed by atoms with Gasteiger partial charge in [0.2, 0.25) is 5.88 Å². The largest absolute Gasteiger partial charge is 0.440 e. The molecule has 94 valence electrons. The van der Waals surface area contributed by atoms with Gasteiger partial charge in [-0.2, -0.15) is 0 Å². The van der Waals surface area contributed by atoms with Crippen LogP contribution in [-0.4, -0.2) is 9.13 Å². The lowest BCUT2D eigenvalue weighted by Crippen LogP contribution is -2.36. The molecule has 0 fully saturated rings. The van der Waals surface area contributed by atoms with Gasteiger partial charge in [-0.15, -0.1) is 0 Å². The van der Waals surface area contributed by atoms with Gasteiger partial charge in [0.15, 0.2) is 0 Å². The van der Waals surface area contributed by atoms with E-state index in [1.54, 1.807) is 24.3 Å². The molecule has 0 atom stereocenters. The predicted octanol–water partition coefficient (Wildman–Crippen LogP) is 1.53. The van der Waals surface area contributed by atoms with Crippen LogP contribution in [0.5, 0.6) is 11.6 Å². The number of rotatable bonds is 2. The van der Waals surface area contributed by atoms with Crippen molar-refractivity contribution in [3.05, 3.63) is 56.2 Å². The Balaban J connectivity index is 2.48. The number of nitrogens with zero attached hydrogens (tertiary/aromatic N) is 2. The molecule has 0 bridgehead atoms. The standard InChI is InChI=1S/C12H11ClN2O3/c1-14-10(16)7-11(15(2)12(14)17)18-9-5-3-4-8(13)6-9/h3-7H,1-2H3. The fraction of sp³-hybridized carbons (Fsp3) is 0.167. The highest BCUT2D eigenvalue weighted by Crippen LogP contribution is 2.22. The molecule has 18 heavy (non-hydrogen) atoms. The molecule has 1 aromatic heterocycles. The lowest BCUT2D eigenvalue weighted by Gasteiger charge is -2.10. The second-order valence-electron chi connectivity index (χ2n) is 3.78. The summed E-state index contributed by atoms with van der Waals surface area (Å²) in [6, 6.07) is 7.97. The van der Waals surface area contributed by atoms with E-state index < -0.39 is 11.2 Å². The van der Waals surface area contributed by atoms with Crippen molar-refractivity contribution in [1.82, 2.24) is 9.13 Å². The maximum atomic E-state index is 11.7. The van der Waals surface area contributed by atoms with E-state index in [1.165, 1.54) is 24.7 Å². The van der Waals surface area contributed by atoms with Gasteiger partial charge in [-0.25, -0.2) is 4.79 Å². The lowest BCUT2D eigenvalue weighted by molar-refractivity contribution is 0.423. The first-order valence-corrected chi connectivity index (χ1v) is 5.57. The van der Waals surface area contributed by atoms with Crippen molar-refractivity contribution in [3.63, 3.8) is 0 Å². The maximum absolute atomic E-state index is 11.7. The Morgan fingerprint density at radius 2 is 1.83 bits per heavy atom. The van der Waals surface area contributed by atoms with E-state index >= 15 is 0 Å². The minimum absolute atomic E-state index is 0.172. The van der Waals surface area contributed by atoms with Crippen LogP contribution in [0.1, 0.15) is 0 Å². The van der Waals surface area contributed by atoms with E-state index in [4.69, 9.17) is 16.3 Å². The summed E-state index contributed by atoms with van der Waals surface area (Å²) in [5, 5.41) is 0.515. The van der Waals surface area contributed by atoms with Crippen LogP contribution in [0.3, 0.4) is 0 Å². The Morgan fingerprint density at radius 1 is 1.11 bits per heavy atom. The molecule has 0 saturated heterocycles. The molecule has 0 N–H and O–H groups in total. The molecule has 0 aliphatic rings. The van der Waals surface area contributed by atoms with Crippen molar-refractivity contribution in [2.75, 3.05) is 0 Å². The van der Waals surface area contributed by atoms with Crippen molar-refractivity contribution in [2.45, 2.75) is 0 Å². The van der Waals surface area contributed by atoms with Gasteiger partial charge in [0.1, 0.15) is 5.75 Å². The zero-order chi connectivity index (χ0) is 13.3. The van der Waals surface area contributed by atoms with Crippen molar-refractivity contribution in [1.29, 1.82) is 0 Å². The van der Waals surface area contributed by atoms with Gasteiger partial charge in [0.25, 0.3) is 5.56 Å². The van der Waals surface area contributed by atoms with Crippen LogP contribution in [0.15, 0.2) is 39.9 Å². The number of halogens is 1. The van der Waals surface area contributed by atoms with Gasteiger partial charge < -0.3 is 4.74 Å². The zero-order valence-electron chi connectivity index (χ0n) is 9.88. The molecule has 6 heteroatoms. The molecule has 2 rings (SSSR count). The second kappa shape index (κ2) is 4.70. The number of hydrogen-bond donors (Lipinski definition) is 0. The lowest BCUT2D eigenvalue weighted by atomic mass is 10.3. The minimum atomic E-state index is -0.445. The smallest absolute Gasteiger partial charge is 0.333 e. The van der Waals surface area contributed by atoms with Gasteiger partial charge in [-0.3, -0.25) is 13.9 Å². The van der Waals surface area contributed by atoms with E-state index in [-0.39, 0.29) is 5.88 Å². The Labute approximate surface area is 108 Å². The number of hydrogen-bond acceptors (Lipinski definition) is 3. The van der Waals surface area contributed by atoms with Crippen molar-refractivity contribution in [2.24, 2.45) is 14.1 Å². The van der Waals surface area contributed by atoms with Gasteiger partial charge >= 0.3 is 5.69 Å².